The van der Waals surface area contributed by atoms with Crippen molar-refractivity contribution in [3.63, 3.8) is 0 Å². The third-order valence-electron chi connectivity index (χ3n) is 2.52. The minimum absolute atomic E-state index is 0.344. The summed E-state index contributed by atoms with van der Waals surface area (Å²) in [5.74, 6) is 0. The number of likely N-dealkylation sites (N-methyl/N-ethyl adjacent to an activating group) is 1. The lowest BCUT2D eigenvalue weighted by Crippen LogP contribution is -2.35. The molecule has 0 aromatic heterocycles. The first-order valence-electron chi connectivity index (χ1n) is 6.09. The quantitative estimate of drug-likeness (QED) is 0.635. The number of hydrogen-bond acceptors (Lipinski definition) is 3. The van der Waals surface area contributed by atoms with Crippen molar-refractivity contribution in [2.24, 2.45) is 0 Å². The van der Waals surface area contributed by atoms with Gasteiger partial charge < -0.3 is 15.0 Å². The van der Waals surface area contributed by atoms with Crippen molar-refractivity contribution in [2.75, 3.05) is 33.3 Å². The molecule has 92 valence electrons. The molecule has 0 aliphatic carbocycles. The molecule has 0 saturated heterocycles. The first kappa shape index (κ1) is 14.9. The largest absolute Gasteiger partial charge is 0.377 e. The highest BCUT2D eigenvalue weighted by molar-refractivity contribution is 4.60. The zero-order valence-electron chi connectivity index (χ0n) is 11.0. The van der Waals surface area contributed by atoms with Gasteiger partial charge in [-0.05, 0) is 34.2 Å². The Morgan fingerprint density at radius 2 is 1.87 bits per heavy atom. The standard InChI is InChI=1S/C12H28N2O/c1-6-12(4)13-7-8-14(5)9-10-15-11(2)3/h11-13H,6-10H2,1-5H3. The van der Waals surface area contributed by atoms with Crippen LogP contribution in [0.5, 0.6) is 0 Å². The lowest BCUT2D eigenvalue weighted by Gasteiger charge is -2.19. The first-order valence-corrected chi connectivity index (χ1v) is 6.09. The van der Waals surface area contributed by atoms with Crippen molar-refractivity contribution in [3.05, 3.63) is 0 Å². The van der Waals surface area contributed by atoms with E-state index < -0.39 is 0 Å². The van der Waals surface area contributed by atoms with E-state index >= 15 is 0 Å². The summed E-state index contributed by atoms with van der Waals surface area (Å²) in [6, 6.07) is 0.630. The van der Waals surface area contributed by atoms with Crippen molar-refractivity contribution in [1.29, 1.82) is 0 Å². The summed E-state index contributed by atoms with van der Waals surface area (Å²) >= 11 is 0. The van der Waals surface area contributed by atoms with Crippen LogP contribution in [0.2, 0.25) is 0 Å². The lowest BCUT2D eigenvalue weighted by atomic mass is 10.2. The van der Waals surface area contributed by atoms with E-state index in [2.05, 4.69) is 45.0 Å². The minimum atomic E-state index is 0.344. The second-order valence-electron chi connectivity index (χ2n) is 4.49. The van der Waals surface area contributed by atoms with Gasteiger partial charge in [-0.15, -0.1) is 0 Å². The van der Waals surface area contributed by atoms with Gasteiger partial charge in [-0.1, -0.05) is 6.92 Å². The molecule has 0 heterocycles. The van der Waals surface area contributed by atoms with Crippen molar-refractivity contribution in [2.45, 2.75) is 46.3 Å². The molecular formula is C12H28N2O. The Labute approximate surface area is 95.2 Å². The number of hydrogen-bond donors (Lipinski definition) is 1. The van der Waals surface area contributed by atoms with Gasteiger partial charge in [-0.3, -0.25) is 0 Å². The van der Waals surface area contributed by atoms with Crippen LogP contribution in [0.3, 0.4) is 0 Å². The molecule has 0 aliphatic heterocycles. The van der Waals surface area contributed by atoms with Gasteiger partial charge in [0.2, 0.25) is 0 Å². The molecule has 1 atom stereocenters. The van der Waals surface area contributed by atoms with Gasteiger partial charge >= 0.3 is 0 Å². The number of nitrogens with one attached hydrogen (secondary N) is 1. The summed E-state index contributed by atoms with van der Waals surface area (Å²) in [5.41, 5.74) is 0. The van der Waals surface area contributed by atoms with E-state index in [1.54, 1.807) is 0 Å². The van der Waals surface area contributed by atoms with Crippen LogP contribution in [-0.4, -0.2) is 50.3 Å². The van der Waals surface area contributed by atoms with Crippen LogP contribution in [0, 0.1) is 0 Å². The lowest BCUT2D eigenvalue weighted by molar-refractivity contribution is 0.0639. The summed E-state index contributed by atoms with van der Waals surface area (Å²) < 4.78 is 5.50. The molecule has 0 saturated carbocycles. The Hall–Kier alpha value is -0.120. The van der Waals surface area contributed by atoms with Crippen molar-refractivity contribution < 1.29 is 4.74 Å². The normalized spacial score (nSPS) is 13.8. The maximum Gasteiger partial charge on any atom is 0.0596 e. The zero-order chi connectivity index (χ0) is 11.7. The van der Waals surface area contributed by atoms with Crippen molar-refractivity contribution >= 4 is 0 Å². The van der Waals surface area contributed by atoms with E-state index in [-0.39, 0.29) is 0 Å². The second kappa shape index (κ2) is 9.13. The second-order valence-corrected chi connectivity index (χ2v) is 4.49. The van der Waals surface area contributed by atoms with Gasteiger partial charge in [-0.2, -0.15) is 0 Å². The van der Waals surface area contributed by atoms with E-state index in [0.29, 0.717) is 12.1 Å². The summed E-state index contributed by atoms with van der Waals surface area (Å²) in [5, 5.41) is 3.48. The Balaban J connectivity index is 3.29. The predicted molar refractivity (Wildman–Crippen MR) is 66.3 cm³/mol. The molecule has 0 aromatic rings. The zero-order valence-corrected chi connectivity index (χ0v) is 11.0. The Kier molecular flexibility index (Phi) is 9.06. The van der Waals surface area contributed by atoms with Crippen LogP contribution in [0.15, 0.2) is 0 Å². The van der Waals surface area contributed by atoms with Crippen LogP contribution < -0.4 is 5.32 Å². The maximum absolute atomic E-state index is 5.50. The van der Waals surface area contributed by atoms with Crippen LogP contribution in [0.25, 0.3) is 0 Å². The Bertz CT molecular complexity index is 140. The summed E-state index contributed by atoms with van der Waals surface area (Å²) in [7, 11) is 2.14. The van der Waals surface area contributed by atoms with E-state index in [0.717, 1.165) is 26.2 Å². The van der Waals surface area contributed by atoms with E-state index in [9.17, 15) is 0 Å². The molecule has 0 rings (SSSR count). The highest BCUT2D eigenvalue weighted by Crippen LogP contribution is 1.90. The molecule has 0 aliphatic rings. The first-order chi connectivity index (χ1) is 7.06. The van der Waals surface area contributed by atoms with Gasteiger partial charge in [-0.25, -0.2) is 0 Å². The summed E-state index contributed by atoms with van der Waals surface area (Å²) in [4.78, 5) is 2.30. The van der Waals surface area contributed by atoms with Gasteiger partial charge in [0, 0.05) is 25.7 Å². The Morgan fingerprint density at radius 3 is 2.40 bits per heavy atom. The number of ether oxygens (including phenoxy) is 1. The molecule has 0 amide bonds. The van der Waals surface area contributed by atoms with Crippen LogP contribution in [0.4, 0.5) is 0 Å². The Morgan fingerprint density at radius 1 is 1.20 bits per heavy atom. The molecule has 3 heteroatoms. The third kappa shape index (κ3) is 10.2. The fourth-order valence-corrected chi connectivity index (χ4v) is 1.20. The summed E-state index contributed by atoms with van der Waals surface area (Å²) in [6.07, 6.45) is 1.54. The topological polar surface area (TPSA) is 24.5 Å². The van der Waals surface area contributed by atoms with E-state index in [1.165, 1.54) is 6.42 Å². The molecule has 1 N–H and O–H groups in total. The molecule has 15 heavy (non-hydrogen) atoms. The van der Waals surface area contributed by atoms with Gasteiger partial charge in [0.1, 0.15) is 0 Å². The SMILES string of the molecule is CCC(C)NCCN(C)CCOC(C)C. The van der Waals surface area contributed by atoms with Gasteiger partial charge in [0.05, 0.1) is 12.7 Å². The highest BCUT2D eigenvalue weighted by Gasteiger charge is 2.01. The van der Waals surface area contributed by atoms with Gasteiger partial charge in [0.25, 0.3) is 0 Å². The van der Waals surface area contributed by atoms with Crippen LogP contribution in [0.1, 0.15) is 34.1 Å². The van der Waals surface area contributed by atoms with E-state index in [4.69, 9.17) is 4.74 Å². The average molecular weight is 216 g/mol. The van der Waals surface area contributed by atoms with Crippen molar-refractivity contribution in [3.8, 4) is 0 Å². The monoisotopic (exact) mass is 216 g/mol. The number of nitrogens with zero attached hydrogens (tertiary/aromatic N) is 1. The molecule has 0 fully saturated rings. The molecular weight excluding hydrogens is 188 g/mol. The van der Waals surface area contributed by atoms with E-state index in [1.807, 2.05) is 0 Å². The van der Waals surface area contributed by atoms with Crippen LogP contribution in [-0.2, 0) is 4.74 Å². The molecule has 1 unspecified atom stereocenters. The molecule has 3 nitrogen and oxygen atoms in total. The minimum Gasteiger partial charge on any atom is -0.377 e. The molecule has 0 spiro atoms. The summed E-state index contributed by atoms with van der Waals surface area (Å²) in [6.45, 7) is 12.6. The highest BCUT2D eigenvalue weighted by atomic mass is 16.5. The molecule has 0 aromatic carbocycles. The average Bonchev–Trinajstić information content (AvgIpc) is 2.17. The van der Waals surface area contributed by atoms with Gasteiger partial charge in [0.15, 0.2) is 0 Å². The molecule has 0 radical (unpaired) electrons. The number of rotatable bonds is 9. The smallest absolute Gasteiger partial charge is 0.0596 e. The fourth-order valence-electron chi connectivity index (χ4n) is 1.20. The van der Waals surface area contributed by atoms with Crippen LogP contribution >= 0.6 is 0 Å². The van der Waals surface area contributed by atoms with Crippen molar-refractivity contribution in [1.82, 2.24) is 10.2 Å². The molecule has 0 bridgehead atoms. The third-order valence-corrected chi connectivity index (χ3v) is 2.52. The predicted octanol–water partition coefficient (Wildman–Crippen LogP) is 1.73. The fraction of sp³-hybridized carbons (Fsp3) is 1.00. The maximum atomic E-state index is 5.50.